The molecule has 118 valence electrons. The normalized spacial score (nSPS) is 17.5. The van der Waals surface area contributed by atoms with Gasteiger partial charge in [0, 0.05) is 31.9 Å². The van der Waals surface area contributed by atoms with Crippen molar-refractivity contribution >= 4 is 15.7 Å². The van der Waals surface area contributed by atoms with Crippen LogP contribution in [0.2, 0.25) is 0 Å². The molecule has 1 N–H and O–H groups in total. The van der Waals surface area contributed by atoms with E-state index in [-0.39, 0.29) is 0 Å². The maximum Gasteiger partial charge on any atom is 0.243 e. The zero-order chi connectivity index (χ0) is 15.5. The highest BCUT2D eigenvalue weighted by Gasteiger charge is 2.28. The van der Waals surface area contributed by atoms with Crippen molar-refractivity contribution in [3.63, 3.8) is 0 Å². The number of nitrogens with zero attached hydrogens (tertiary/aromatic N) is 1. The third-order valence-corrected chi connectivity index (χ3v) is 5.83. The van der Waals surface area contributed by atoms with E-state index in [1.807, 2.05) is 32.9 Å². The standard InChI is InChI=1S/C15H24N2O3S/c1-4-16-14-10-12(2)15(13(3)11-14)21(18,19)17-6-5-8-20-9-7-17/h10-11,16H,4-9H2,1-3H3. The minimum absolute atomic E-state index is 0.427. The SMILES string of the molecule is CCNc1cc(C)c(S(=O)(=O)N2CCCOCC2)c(C)c1. The van der Waals surface area contributed by atoms with Crippen molar-refractivity contribution < 1.29 is 13.2 Å². The minimum Gasteiger partial charge on any atom is -0.385 e. The van der Waals surface area contributed by atoms with Gasteiger partial charge in [-0.1, -0.05) is 0 Å². The molecule has 0 aromatic heterocycles. The maximum absolute atomic E-state index is 12.9. The van der Waals surface area contributed by atoms with Crippen LogP contribution in [-0.4, -0.2) is 45.6 Å². The second-order valence-corrected chi connectivity index (χ2v) is 7.21. The Morgan fingerprint density at radius 2 is 1.86 bits per heavy atom. The lowest BCUT2D eigenvalue weighted by molar-refractivity contribution is 0.148. The first-order valence-electron chi connectivity index (χ1n) is 7.40. The molecule has 0 radical (unpaired) electrons. The van der Waals surface area contributed by atoms with Crippen LogP contribution in [0.4, 0.5) is 5.69 Å². The quantitative estimate of drug-likeness (QED) is 0.925. The highest BCUT2D eigenvalue weighted by molar-refractivity contribution is 7.89. The topological polar surface area (TPSA) is 58.6 Å². The summed E-state index contributed by atoms with van der Waals surface area (Å²) >= 11 is 0. The molecule has 0 unspecified atom stereocenters. The lowest BCUT2D eigenvalue weighted by Gasteiger charge is -2.22. The minimum atomic E-state index is -3.45. The van der Waals surface area contributed by atoms with Crippen molar-refractivity contribution in [1.29, 1.82) is 0 Å². The molecule has 1 aromatic carbocycles. The van der Waals surface area contributed by atoms with Crippen molar-refractivity contribution in [2.45, 2.75) is 32.1 Å². The van der Waals surface area contributed by atoms with Gasteiger partial charge < -0.3 is 10.1 Å². The van der Waals surface area contributed by atoms with Gasteiger partial charge in [-0.3, -0.25) is 0 Å². The number of hydrogen-bond donors (Lipinski definition) is 1. The van der Waals surface area contributed by atoms with Crippen LogP contribution in [0.25, 0.3) is 0 Å². The summed E-state index contributed by atoms with van der Waals surface area (Å²) in [5.74, 6) is 0. The second kappa shape index (κ2) is 6.77. The zero-order valence-corrected chi connectivity index (χ0v) is 13.8. The maximum atomic E-state index is 12.9. The van der Waals surface area contributed by atoms with Gasteiger partial charge in [0.05, 0.1) is 11.5 Å². The van der Waals surface area contributed by atoms with E-state index < -0.39 is 10.0 Å². The van der Waals surface area contributed by atoms with Crippen molar-refractivity contribution in [2.75, 3.05) is 38.2 Å². The number of ether oxygens (including phenoxy) is 1. The fourth-order valence-corrected chi connectivity index (χ4v) is 4.63. The van der Waals surface area contributed by atoms with E-state index in [2.05, 4.69) is 5.32 Å². The Morgan fingerprint density at radius 1 is 1.19 bits per heavy atom. The average molecular weight is 312 g/mol. The molecule has 5 nitrogen and oxygen atoms in total. The van der Waals surface area contributed by atoms with Crippen molar-refractivity contribution in [3.8, 4) is 0 Å². The summed E-state index contributed by atoms with van der Waals surface area (Å²) in [7, 11) is -3.45. The van der Waals surface area contributed by atoms with Crippen molar-refractivity contribution in [1.82, 2.24) is 4.31 Å². The Bertz CT molecular complexity index is 568. The second-order valence-electron chi connectivity index (χ2n) is 5.34. The number of sulfonamides is 1. The fraction of sp³-hybridized carbons (Fsp3) is 0.600. The number of benzene rings is 1. The molecule has 0 spiro atoms. The molecule has 1 aliphatic heterocycles. The molecule has 21 heavy (non-hydrogen) atoms. The molecule has 2 rings (SSSR count). The molecule has 0 bridgehead atoms. The number of nitrogens with one attached hydrogen (secondary N) is 1. The smallest absolute Gasteiger partial charge is 0.243 e. The van der Waals surface area contributed by atoms with Gasteiger partial charge in [0.1, 0.15) is 0 Å². The van der Waals surface area contributed by atoms with Gasteiger partial charge in [-0.25, -0.2) is 8.42 Å². The largest absolute Gasteiger partial charge is 0.385 e. The van der Waals surface area contributed by atoms with Crippen LogP contribution in [0.15, 0.2) is 17.0 Å². The van der Waals surface area contributed by atoms with Crippen molar-refractivity contribution in [2.24, 2.45) is 0 Å². The van der Waals surface area contributed by atoms with Crippen LogP contribution in [0.3, 0.4) is 0 Å². The molecule has 1 saturated heterocycles. The molecule has 0 amide bonds. The summed E-state index contributed by atoms with van der Waals surface area (Å²) in [5, 5.41) is 3.23. The van der Waals surface area contributed by atoms with Gasteiger partial charge in [0.15, 0.2) is 0 Å². The first kappa shape index (κ1) is 16.3. The zero-order valence-electron chi connectivity index (χ0n) is 13.0. The molecular weight excluding hydrogens is 288 g/mol. The molecule has 1 heterocycles. The van der Waals surface area contributed by atoms with Crippen LogP contribution in [-0.2, 0) is 14.8 Å². The summed E-state index contributed by atoms with van der Waals surface area (Å²) in [6.07, 6.45) is 0.743. The highest BCUT2D eigenvalue weighted by Crippen LogP contribution is 2.27. The molecular formula is C15H24N2O3S. The predicted octanol–water partition coefficient (Wildman–Crippen LogP) is 2.15. The number of aryl methyl sites for hydroxylation is 2. The van der Waals surface area contributed by atoms with Gasteiger partial charge in [0.2, 0.25) is 10.0 Å². The molecule has 0 saturated carbocycles. The molecule has 0 atom stereocenters. The van der Waals surface area contributed by atoms with E-state index in [1.165, 1.54) is 0 Å². The fourth-order valence-electron chi connectivity index (χ4n) is 2.76. The predicted molar refractivity (Wildman–Crippen MR) is 84.3 cm³/mol. The summed E-state index contributed by atoms with van der Waals surface area (Å²) in [6.45, 7) is 8.59. The summed E-state index contributed by atoms with van der Waals surface area (Å²) in [5.41, 5.74) is 2.54. The molecule has 0 aliphatic carbocycles. The lowest BCUT2D eigenvalue weighted by atomic mass is 10.1. The molecule has 1 aromatic rings. The Balaban J connectivity index is 2.39. The van der Waals surface area contributed by atoms with Crippen molar-refractivity contribution in [3.05, 3.63) is 23.3 Å². The Kier molecular flexibility index (Phi) is 5.24. The van der Waals surface area contributed by atoms with E-state index in [9.17, 15) is 8.42 Å². The molecule has 6 heteroatoms. The van der Waals surface area contributed by atoms with E-state index in [0.29, 0.717) is 31.2 Å². The average Bonchev–Trinajstić information content (AvgIpc) is 2.67. The van der Waals surface area contributed by atoms with E-state index in [0.717, 1.165) is 29.8 Å². The van der Waals surface area contributed by atoms with Crippen LogP contribution < -0.4 is 5.32 Å². The van der Waals surface area contributed by atoms with Gasteiger partial charge in [-0.2, -0.15) is 4.31 Å². The molecule has 1 fully saturated rings. The van der Waals surface area contributed by atoms with Crippen LogP contribution in [0.5, 0.6) is 0 Å². The van der Waals surface area contributed by atoms with Gasteiger partial charge in [0.25, 0.3) is 0 Å². The summed E-state index contributed by atoms with van der Waals surface area (Å²) < 4.78 is 32.7. The number of hydrogen-bond acceptors (Lipinski definition) is 4. The summed E-state index contributed by atoms with van der Waals surface area (Å²) in [6, 6.07) is 3.80. The Morgan fingerprint density at radius 3 is 2.48 bits per heavy atom. The van der Waals surface area contributed by atoms with Gasteiger partial charge in [-0.05, 0) is 50.5 Å². The monoisotopic (exact) mass is 312 g/mol. The first-order chi connectivity index (χ1) is 9.96. The van der Waals surface area contributed by atoms with E-state index in [4.69, 9.17) is 4.74 Å². The number of rotatable bonds is 4. The highest BCUT2D eigenvalue weighted by atomic mass is 32.2. The molecule has 1 aliphatic rings. The van der Waals surface area contributed by atoms with Crippen LogP contribution in [0.1, 0.15) is 24.5 Å². The number of anilines is 1. The summed E-state index contributed by atoms with van der Waals surface area (Å²) in [4.78, 5) is 0.436. The third kappa shape index (κ3) is 3.56. The van der Waals surface area contributed by atoms with Crippen LogP contribution in [0, 0.1) is 13.8 Å². The Hall–Kier alpha value is -1.11. The van der Waals surface area contributed by atoms with E-state index in [1.54, 1.807) is 4.31 Å². The first-order valence-corrected chi connectivity index (χ1v) is 8.84. The van der Waals surface area contributed by atoms with Crippen LogP contribution >= 0.6 is 0 Å². The third-order valence-electron chi connectivity index (χ3n) is 3.62. The van der Waals surface area contributed by atoms with Gasteiger partial charge in [-0.15, -0.1) is 0 Å². The Labute approximate surface area is 127 Å². The lowest BCUT2D eigenvalue weighted by Crippen LogP contribution is -2.34. The van der Waals surface area contributed by atoms with Gasteiger partial charge >= 0.3 is 0 Å². The van der Waals surface area contributed by atoms with E-state index >= 15 is 0 Å².